The number of carbonyl (C=O) groups excluding carboxylic acids is 1. The quantitative estimate of drug-likeness (QED) is 0.530. The molecule has 5 heteroatoms. The number of carbonyl (C=O) groups is 1. The molecule has 0 bridgehead atoms. The van der Waals surface area contributed by atoms with Crippen molar-refractivity contribution in [2.75, 3.05) is 0 Å². The lowest BCUT2D eigenvalue weighted by Crippen LogP contribution is -2.23. The smallest absolute Gasteiger partial charge is 0.220 e. The van der Waals surface area contributed by atoms with Crippen molar-refractivity contribution < 1.29 is 4.79 Å². The van der Waals surface area contributed by atoms with Crippen LogP contribution in [0.4, 0.5) is 0 Å². The van der Waals surface area contributed by atoms with E-state index in [1.807, 2.05) is 60.1 Å². The number of para-hydroxylation sites is 1. The molecule has 26 heavy (non-hydrogen) atoms. The molecule has 0 aliphatic carbocycles. The van der Waals surface area contributed by atoms with Crippen LogP contribution in [-0.4, -0.2) is 15.9 Å². The second kappa shape index (κ2) is 7.54. The maximum absolute atomic E-state index is 12.2. The first-order chi connectivity index (χ1) is 12.8. The molecule has 0 fully saturated rings. The molecule has 4 rings (SSSR count). The van der Waals surface area contributed by atoms with E-state index in [0.717, 1.165) is 28.2 Å². The average Bonchev–Trinajstić information content (AvgIpc) is 3.33. The van der Waals surface area contributed by atoms with Gasteiger partial charge >= 0.3 is 0 Å². The molecular formula is C21H19N3OS. The summed E-state index contributed by atoms with van der Waals surface area (Å²) in [5.41, 5.74) is 4.29. The van der Waals surface area contributed by atoms with E-state index in [0.29, 0.717) is 13.0 Å². The molecular weight excluding hydrogens is 342 g/mol. The molecule has 0 spiro atoms. The summed E-state index contributed by atoms with van der Waals surface area (Å²) in [4.78, 5) is 20.0. The highest BCUT2D eigenvalue weighted by Crippen LogP contribution is 2.23. The molecule has 2 aromatic carbocycles. The third-order valence-corrected chi connectivity index (χ3v) is 5.28. The van der Waals surface area contributed by atoms with Crippen LogP contribution in [0.3, 0.4) is 0 Å². The zero-order chi connectivity index (χ0) is 17.8. The Balaban J connectivity index is 1.31. The first-order valence-corrected chi connectivity index (χ1v) is 9.49. The summed E-state index contributed by atoms with van der Waals surface area (Å²) in [7, 11) is 0. The van der Waals surface area contributed by atoms with Gasteiger partial charge in [0, 0.05) is 34.5 Å². The molecule has 0 aliphatic heterocycles. The lowest BCUT2D eigenvalue weighted by molar-refractivity contribution is -0.121. The van der Waals surface area contributed by atoms with E-state index in [1.54, 1.807) is 11.3 Å². The molecule has 2 heterocycles. The van der Waals surface area contributed by atoms with E-state index in [9.17, 15) is 4.79 Å². The van der Waals surface area contributed by atoms with Crippen molar-refractivity contribution in [1.29, 1.82) is 0 Å². The second-order valence-corrected chi connectivity index (χ2v) is 7.00. The Labute approximate surface area is 155 Å². The number of hydrogen-bond donors (Lipinski definition) is 2. The number of fused-ring (bicyclic) bond motifs is 1. The highest BCUT2D eigenvalue weighted by Gasteiger charge is 2.08. The fraction of sp³-hybridized carbons (Fsp3) is 0.143. The van der Waals surface area contributed by atoms with Crippen LogP contribution in [0.5, 0.6) is 0 Å². The van der Waals surface area contributed by atoms with Gasteiger partial charge in [0.1, 0.15) is 5.01 Å². The van der Waals surface area contributed by atoms with Gasteiger partial charge in [-0.25, -0.2) is 4.98 Å². The number of aromatic amines is 1. The molecule has 130 valence electrons. The molecule has 2 aromatic heterocycles. The Hall–Kier alpha value is -2.92. The van der Waals surface area contributed by atoms with Gasteiger partial charge in [-0.2, -0.15) is 0 Å². The van der Waals surface area contributed by atoms with Crippen LogP contribution in [0, 0.1) is 0 Å². The first kappa shape index (κ1) is 16.5. The molecule has 0 radical (unpaired) electrons. The first-order valence-electron chi connectivity index (χ1n) is 8.61. The highest BCUT2D eigenvalue weighted by atomic mass is 32.1. The number of nitrogens with zero attached hydrogens (tertiary/aromatic N) is 1. The van der Waals surface area contributed by atoms with E-state index in [2.05, 4.69) is 21.4 Å². The fourth-order valence-electron chi connectivity index (χ4n) is 2.97. The standard InChI is InChI=1S/C21H19N3OS/c25-20(11-10-16-12-22-19-9-5-4-8-18(16)19)23-13-17-14-26-21(24-17)15-6-2-1-3-7-15/h1-9,12,14,22H,10-11,13H2,(H,23,25). The molecule has 4 aromatic rings. The van der Waals surface area contributed by atoms with E-state index in [4.69, 9.17) is 0 Å². The predicted octanol–water partition coefficient (Wildman–Crippen LogP) is 4.54. The number of hydrogen-bond acceptors (Lipinski definition) is 3. The second-order valence-electron chi connectivity index (χ2n) is 6.15. The van der Waals surface area contributed by atoms with Crippen LogP contribution >= 0.6 is 11.3 Å². The molecule has 1 amide bonds. The van der Waals surface area contributed by atoms with Crippen LogP contribution in [-0.2, 0) is 17.8 Å². The third-order valence-electron chi connectivity index (χ3n) is 4.34. The van der Waals surface area contributed by atoms with Crippen molar-refractivity contribution >= 4 is 28.1 Å². The van der Waals surface area contributed by atoms with Gasteiger partial charge < -0.3 is 10.3 Å². The minimum atomic E-state index is 0.0459. The van der Waals surface area contributed by atoms with E-state index in [-0.39, 0.29) is 5.91 Å². The van der Waals surface area contributed by atoms with E-state index >= 15 is 0 Å². The maximum Gasteiger partial charge on any atom is 0.220 e. The van der Waals surface area contributed by atoms with Crippen LogP contribution in [0.1, 0.15) is 17.7 Å². The lowest BCUT2D eigenvalue weighted by Gasteiger charge is -2.03. The lowest BCUT2D eigenvalue weighted by atomic mass is 10.1. The summed E-state index contributed by atoms with van der Waals surface area (Å²) in [5.74, 6) is 0.0459. The molecule has 0 saturated carbocycles. The SMILES string of the molecule is O=C(CCc1c[nH]c2ccccc12)NCc1csc(-c2ccccc2)n1. The van der Waals surface area contributed by atoms with Gasteiger partial charge in [-0.1, -0.05) is 48.5 Å². The Morgan fingerprint density at radius 1 is 1.08 bits per heavy atom. The zero-order valence-electron chi connectivity index (χ0n) is 14.2. The summed E-state index contributed by atoms with van der Waals surface area (Å²) >= 11 is 1.60. The van der Waals surface area contributed by atoms with Gasteiger partial charge in [-0.05, 0) is 18.1 Å². The third kappa shape index (κ3) is 3.68. The molecule has 4 nitrogen and oxygen atoms in total. The zero-order valence-corrected chi connectivity index (χ0v) is 15.1. The maximum atomic E-state index is 12.2. The molecule has 2 N–H and O–H groups in total. The van der Waals surface area contributed by atoms with Crippen LogP contribution in [0.15, 0.2) is 66.2 Å². The minimum absolute atomic E-state index is 0.0459. The van der Waals surface area contributed by atoms with E-state index < -0.39 is 0 Å². The van der Waals surface area contributed by atoms with Crippen LogP contribution < -0.4 is 5.32 Å². The number of amides is 1. The van der Waals surface area contributed by atoms with Crippen molar-refractivity contribution in [3.05, 3.63) is 77.4 Å². The summed E-state index contributed by atoms with van der Waals surface area (Å²) in [6, 6.07) is 18.2. The normalized spacial score (nSPS) is 10.9. The number of rotatable bonds is 6. The van der Waals surface area contributed by atoms with Gasteiger partial charge in [0.15, 0.2) is 0 Å². The topological polar surface area (TPSA) is 57.8 Å². The predicted molar refractivity (Wildman–Crippen MR) is 106 cm³/mol. The van der Waals surface area contributed by atoms with Crippen molar-refractivity contribution in [2.45, 2.75) is 19.4 Å². The van der Waals surface area contributed by atoms with Crippen LogP contribution in [0.2, 0.25) is 0 Å². The average molecular weight is 361 g/mol. The van der Waals surface area contributed by atoms with Gasteiger partial charge in [0.05, 0.1) is 12.2 Å². The van der Waals surface area contributed by atoms with Gasteiger partial charge in [-0.15, -0.1) is 11.3 Å². The van der Waals surface area contributed by atoms with Gasteiger partial charge in [-0.3, -0.25) is 4.79 Å². The van der Waals surface area contributed by atoms with E-state index in [1.165, 1.54) is 10.9 Å². The van der Waals surface area contributed by atoms with Crippen molar-refractivity contribution in [2.24, 2.45) is 0 Å². The number of aryl methyl sites for hydroxylation is 1. The molecule has 0 saturated heterocycles. The molecule has 0 atom stereocenters. The van der Waals surface area contributed by atoms with Gasteiger partial charge in [0.2, 0.25) is 5.91 Å². The van der Waals surface area contributed by atoms with Crippen molar-refractivity contribution in [1.82, 2.24) is 15.3 Å². The number of H-pyrrole nitrogens is 1. The molecule has 0 aliphatic rings. The Bertz CT molecular complexity index is 1020. The molecule has 0 unspecified atom stereocenters. The van der Waals surface area contributed by atoms with Gasteiger partial charge in [0.25, 0.3) is 0 Å². The highest BCUT2D eigenvalue weighted by molar-refractivity contribution is 7.13. The Morgan fingerprint density at radius 2 is 1.88 bits per heavy atom. The monoisotopic (exact) mass is 361 g/mol. The summed E-state index contributed by atoms with van der Waals surface area (Å²) in [6.45, 7) is 0.468. The number of aromatic nitrogens is 2. The summed E-state index contributed by atoms with van der Waals surface area (Å²) in [6.07, 6.45) is 3.18. The number of thiazole rings is 1. The Morgan fingerprint density at radius 3 is 2.77 bits per heavy atom. The number of nitrogens with one attached hydrogen (secondary N) is 2. The Kier molecular flexibility index (Phi) is 4.80. The number of benzene rings is 2. The largest absolute Gasteiger partial charge is 0.361 e. The fourth-order valence-corrected chi connectivity index (χ4v) is 3.79. The summed E-state index contributed by atoms with van der Waals surface area (Å²) < 4.78 is 0. The van der Waals surface area contributed by atoms with Crippen molar-refractivity contribution in [3.63, 3.8) is 0 Å². The summed E-state index contributed by atoms with van der Waals surface area (Å²) in [5, 5.41) is 7.14. The van der Waals surface area contributed by atoms with Crippen molar-refractivity contribution in [3.8, 4) is 10.6 Å². The van der Waals surface area contributed by atoms with Crippen LogP contribution in [0.25, 0.3) is 21.5 Å². The minimum Gasteiger partial charge on any atom is -0.361 e.